The van der Waals surface area contributed by atoms with Gasteiger partial charge in [-0.3, -0.25) is 10.1 Å². The first kappa shape index (κ1) is 16.6. The van der Waals surface area contributed by atoms with E-state index in [-0.39, 0.29) is 43.6 Å². The molecule has 3 heterocycles. The topological polar surface area (TPSA) is 112 Å². The summed E-state index contributed by atoms with van der Waals surface area (Å²) >= 11 is 1.67. The van der Waals surface area contributed by atoms with Crippen LogP contribution in [-0.4, -0.2) is 66.2 Å². The van der Waals surface area contributed by atoms with Gasteiger partial charge < -0.3 is 19.6 Å². The highest BCUT2D eigenvalue weighted by molar-refractivity contribution is 7.99. The molecule has 3 aliphatic rings. The number of fused-ring (bicyclic) bond motifs is 1. The fourth-order valence-electron chi connectivity index (χ4n) is 2.64. The van der Waals surface area contributed by atoms with Gasteiger partial charge >= 0.3 is 0 Å². The summed E-state index contributed by atoms with van der Waals surface area (Å²) < 4.78 is 10.9. The molecule has 120 valence electrons. The first-order valence-corrected chi connectivity index (χ1v) is 7.46. The number of thioether (sulfide) groups is 1. The van der Waals surface area contributed by atoms with Crippen molar-refractivity contribution in [3.63, 3.8) is 0 Å². The van der Waals surface area contributed by atoms with Crippen LogP contribution in [0.25, 0.3) is 0 Å². The molecule has 0 saturated carbocycles. The van der Waals surface area contributed by atoms with Crippen molar-refractivity contribution in [2.75, 3.05) is 24.8 Å². The summed E-state index contributed by atoms with van der Waals surface area (Å²) in [6, 6.07) is -0.494. The van der Waals surface area contributed by atoms with Crippen molar-refractivity contribution < 1.29 is 24.2 Å². The van der Waals surface area contributed by atoms with Gasteiger partial charge in [-0.15, -0.1) is 34.3 Å². The van der Waals surface area contributed by atoms with E-state index in [1.165, 1.54) is 0 Å². The van der Waals surface area contributed by atoms with E-state index in [0.717, 1.165) is 11.6 Å². The normalized spacial score (nSPS) is 37.6. The van der Waals surface area contributed by atoms with E-state index in [1.807, 2.05) is 0 Å². The fourth-order valence-corrected chi connectivity index (χ4v) is 3.58. The molecule has 9 nitrogen and oxygen atoms in total. The summed E-state index contributed by atoms with van der Waals surface area (Å²) in [6.45, 7) is 0.374. The zero-order valence-electron chi connectivity index (χ0n) is 10.9. The molecule has 3 saturated heterocycles. The van der Waals surface area contributed by atoms with E-state index >= 15 is 0 Å². The highest BCUT2D eigenvalue weighted by Gasteiger charge is 2.50. The Morgan fingerprint density at radius 1 is 1.38 bits per heavy atom. The van der Waals surface area contributed by atoms with Crippen LogP contribution in [0.3, 0.4) is 0 Å². The minimum Gasteiger partial charge on any atom is -0.371 e. The average molecular weight is 342 g/mol. The second-order valence-electron chi connectivity index (χ2n) is 4.85. The molecule has 0 aromatic heterocycles. The van der Waals surface area contributed by atoms with Crippen LogP contribution in [-0.2, 0) is 19.1 Å². The minimum absolute atomic E-state index is 0. The summed E-state index contributed by atoms with van der Waals surface area (Å²) in [5.74, 6) is 1.41. The van der Waals surface area contributed by atoms with Crippen LogP contribution in [0.1, 0.15) is 0 Å². The van der Waals surface area contributed by atoms with Gasteiger partial charge in [-0.2, -0.15) is 0 Å². The van der Waals surface area contributed by atoms with Crippen LogP contribution >= 0.6 is 24.2 Å². The van der Waals surface area contributed by atoms with Gasteiger partial charge in [-0.1, -0.05) is 0 Å². The molecule has 0 aliphatic carbocycles. The van der Waals surface area contributed by atoms with Crippen molar-refractivity contribution in [2.24, 2.45) is 0 Å². The molecule has 3 aliphatic heterocycles. The summed E-state index contributed by atoms with van der Waals surface area (Å²) in [4.78, 5) is 26.9. The maximum absolute atomic E-state index is 12.0. The van der Waals surface area contributed by atoms with Gasteiger partial charge in [-0.25, -0.2) is 0 Å². The summed E-state index contributed by atoms with van der Waals surface area (Å²) in [5.41, 5.74) is 0. The van der Waals surface area contributed by atoms with Crippen LogP contribution in [0, 0.1) is 10.1 Å². The molecule has 5 atom stereocenters. The smallest absolute Gasteiger partial charge is 0.294 e. The highest BCUT2D eigenvalue weighted by atomic mass is 35.5. The Morgan fingerprint density at radius 3 is 2.81 bits per heavy atom. The third-order valence-electron chi connectivity index (χ3n) is 3.59. The quantitative estimate of drug-likeness (QED) is 0.491. The maximum atomic E-state index is 12.0. The average Bonchev–Trinajstić information content (AvgIpc) is 3.09. The van der Waals surface area contributed by atoms with Gasteiger partial charge in [0.25, 0.3) is 5.09 Å². The van der Waals surface area contributed by atoms with Crippen molar-refractivity contribution in [3.05, 3.63) is 10.1 Å². The molecule has 0 spiro atoms. The van der Waals surface area contributed by atoms with E-state index in [9.17, 15) is 14.9 Å². The molecule has 3 rings (SSSR count). The number of halogens is 1. The molecule has 0 radical (unpaired) electrons. The Balaban J connectivity index is 0.00000161. The molecule has 0 bridgehead atoms. The van der Waals surface area contributed by atoms with Gasteiger partial charge in [-0.05, 0) is 0 Å². The number of hydrogen-bond donors (Lipinski definition) is 2. The first-order valence-electron chi connectivity index (χ1n) is 6.31. The molecule has 0 aromatic rings. The van der Waals surface area contributed by atoms with Crippen LogP contribution < -0.4 is 10.6 Å². The van der Waals surface area contributed by atoms with E-state index in [0.29, 0.717) is 0 Å². The number of nitrogens with zero attached hydrogens (tertiary/aromatic N) is 1. The molecule has 11 heteroatoms. The largest absolute Gasteiger partial charge is 0.371 e. The molecule has 3 fully saturated rings. The van der Waals surface area contributed by atoms with Gasteiger partial charge in [0.2, 0.25) is 5.91 Å². The predicted molar refractivity (Wildman–Crippen MR) is 74.8 cm³/mol. The molecular formula is C10H16ClN3O6S. The Kier molecular flexibility index (Phi) is 5.49. The summed E-state index contributed by atoms with van der Waals surface area (Å²) in [7, 11) is 0. The zero-order valence-corrected chi connectivity index (χ0v) is 12.6. The van der Waals surface area contributed by atoms with Crippen LogP contribution in [0.15, 0.2) is 0 Å². The Hall–Kier alpha value is -0.810. The van der Waals surface area contributed by atoms with Crippen LogP contribution in [0.5, 0.6) is 0 Å². The molecule has 0 aromatic carbocycles. The van der Waals surface area contributed by atoms with E-state index in [2.05, 4.69) is 15.5 Å². The lowest BCUT2D eigenvalue weighted by Gasteiger charge is -2.19. The zero-order chi connectivity index (χ0) is 14.1. The lowest BCUT2D eigenvalue weighted by molar-refractivity contribution is -0.769. The van der Waals surface area contributed by atoms with Crippen molar-refractivity contribution >= 4 is 30.1 Å². The molecule has 21 heavy (non-hydrogen) atoms. The van der Waals surface area contributed by atoms with Crippen LogP contribution in [0.2, 0.25) is 0 Å². The summed E-state index contributed by atoms with van der Waals surface area (Å²) in [6.07, 6.45) is -1.62. The van der Waals surface area contributed by atoms with E-state index in [4.69, 9.17) is 9.47 Å². The van der Waals surface area contributed by atoms with Crippen molar-refractivity contribution in [1.82, 2.24) is 10.6 Å². The molecule has 1 unspecified atom stereocenters. The number of hydrogen-bond acceptors (Lipinski definition) is 8. The van der Waals surface area contributed by atoms with Crippen molar-refractivity contribution in [1.29, 1.82) is 0 Å². The number of carbonyl (C=O) groups is 1. The minimum atomic E-state index is -0.842. The van der Waals surface area contributed by atoms with Gasteiger partial charge in [0.05, 0.1) is 25.3 Å². The lowest BCUT2D eigenvalue weighted by atomic mass is 10.1. The highest BCUT2D eigenvalue weighted by Crippen LogP contribution is 2.29. The summed E-state index contributed by atoms with van der Waals surface area (Å²) in [5, 5.41) is 15.5. The number of nitrogens with one attached hydrogen (secondary N) is 2. The van der Waals surface area contributed by atoms with Gasteiger partial charge in [0, 0.05) is 11.6 Å². The third-order valence-corrected chi connectivity index (χ3v) is 4.53. The monoisotopic (exact) mass is 341 g/mol. The molecule has 1 amide bonds. The van der Waals surface area contributed by atoms with Crippen molar-refractivity contribution in [2.45, 2.75) is 30.4 Å². The number of ether oxygens (including phenoxy) is 2. The molecular weight excluding hydrogens is 326 g/mol. The Morgan fingerprint density at radius 2 is 2.14 bits per heavy atom. The SMILES string of the molecule is Cl.O=C(N[C@H]1CO[C@H]2[C@@H]1OC[C@H]2O[N+](=O)[O-])C1CSCN1. The number of carbonyl (C=O) groups excluding carboxylic acids is 1. The maximum Gasteiger partial charge on any atom is 0.294 e. The predicted octanol–water partition coefficient (Wildman–Crippen LogP) is -1.07. The number of rotatable bonds is 4. The Labute approximate surface area is 130 Å². The van der Waals surface area contributed by atoms with Gasteiger partial charge in [0.15, 0.2) is 6.10 Å². The first-order chi connectivity index (χ1) is 9.65. The second-order valence-corrected chi connectivity index (χ2v) is 5.88. The van der Waals surface area contributed by atoms with E-state index < -0.39 is 23.4 Å². The van der Waals surface area contributed by atoms with Crippen LogP contribution in [0.4, 0.5) is 0 Å². The lowest BCUT2D eigenvalue weighted by Crippen LogP contribution is -2.50. The molecule has 2 N–H and O–H groups in total. The number of amides is 1. The third kappa shape index (κ3) is 3.51. The van der Waals surface area contributed by atoms with Gasteiger partial charge in [0.1, 0.15) is 12.2 Å². The Bertz CT molecular complexity index is 410. The second kappa shape index (κ2) is 6.97. The van der Waals surface area contributed by atoms with Crippen molar-refractivity contribution in [3.8, 4) is 0 Å². The fraction of sp³-hybridized carbons (Fsp3) is 0.900. The standard InChI is InChI=1S/C10H15N3O6S.ClH/c14-10(6-3-20-4-11-6)12-5-1-17-9-7(19-13(15)16)2-18-8(5)9;/h5-9,11H,1-4H2,(H,12,14);1H/t5-,6?,7+,8+,9+;/m0./s1. The van der Waals surface area contributed by atoms with E-state index in [1.54, 1.807) is 11.8 Å².